The summed E-state index contributed by atoms with van der Waals surface area (Å²) in [6, 6.07) is 20.6. The van der Waals surface area contributed by atoms with E-state index in [1.165, 1.54) is 11.8 Å². The number of nitrogens with zero attached hydrogens (tertiary/aromatic N) is 2. The maximum absolute atomic E-state index is 14.1. The van der Waals surface area contributed by atoms with E-state index < -0.39 is 23.1 Å². The first-order chi connectivity index (χ1) is 25.6. The number of amides is 2. The van der Waals surface area contributed by atoms with Crippen molar-refractivity contribution in [3.8, 4) is 5.69 Å². The molecule has 3 N–H and O–H groups in total. The van der Waals surface area contributed by atoms with Gasteiger partial charge in [0, 0.05) is 24.1 Å². The standard InChI is InChI=1S/C43H48N4O6/c1-4-19-44-40(51)43(53-39(50)36-14-9-20-52-36)18-17-33-32-16-15-30-22-34-29(23-41(30,2)37(32)35(48)24-42(33,43)3)26-46-47(34)31-13-8-12-28(21-31)38(49)45-25-27-10-6-5-7-11-27/h5-14,20-22,26,32-33,35,37,48H,4,15-19,23-25H2,1-3H3,(H,44,51)(H,45,49). The third-order valence-electron chi connectivity index (χ3n) is 13.1. The lowest BCUT2D eigenvalue weighted by atomic mass is 9.45. The topological polar surface area (TPSA) is 136 Å². The monoisotopic (exact) mass is 716 g/mol. The average molecular weight is 717 g/mol. The average Bonchev–Trinajstić information content (AvgIpc) is 3.91. The van der Waals surface area contributed by atoms with Gasteiger partial charge in [-0.25, -0.2) is 9.48 Å². The van der Waals surface area contributed by atoms with E-state index in [9.17, 15) is 19.5 Å². The molecule has 2 aromatic heterocycles. The molecule has 3 fully saturated rings. The molecule has 0 saturated heterocycles. The van der Waals surface area contributed by atoms with Crippen molar-refractivity contribution in [2.75, 3.05) is 6.54 Å². The predicted molar refractivity (Wildman–Crippen MR) is 199 cm³/mol. The maximum atomic E-state index is 14.1. The summed E-state index contributed by atoms with van der Waals surface area (Å²) >= 11 is 0. The van der Waals surface area contributed by atoms with Crippen LogP contribution in [0.1, 0.15) is 97.0 Å². The van der Waals surface area contributed by atoms with E-state index in [0.717, 1.165) is 54.6 Å². The first-order valence-electron chi connectivity index (χ1n) is 19.0. The van der Waals surface area contributed by atoms with Gasteiger partial charge in [0.25, 0.3) is 11.8 Å². The molecular weight excluding hydrogens is 668 g/mol. The van der Waals surface area contributed by atoms with Crippen LogP contribution < -0.4 is 10.6 Å². The van der Waals surface area contributed by atoms with Crippen molar-refractivity contribution in [3.05, 3.63) is 113 Å². The number of carbonyl (C=O) groups is 3. The molecule has 7 atom stereocenters. The number of allylic oxidation sites excluding steroid dienone is 1. The van der Waals surface area contributed by atoms with Crippen LogP contribution in [-0.2, 0) is 22.5 Å². The molecule has 2 heterocycles. The van der Waals surface area contributed by atoms with Crippen molar-refractivity contribution in [2.45, 2.75) is 84.0 Å². The van der Waals surface area contributed by atoms with Gasteiger partial charge in [0.1, 0.15) is 0 Å². The second kappa shape index (κ2) is 13.5. The van der Waals surface area contributed by atoms with E-state index in [-0.39, 0.29) is 40.7 Å². The first-order valence-corrected chi connectivity index (χ1v) is 19.0. The lowest BCUT2D eigenvalue weighted by Gasteiger charge is -2.60. The molecule has 0 spiro atoms. The van der Waals surface area contributed by atoms with Gasteiger partial charge in [-0.2, -0.15) is 5.10 Å². The molecule has 8 rings (SSSR count). The normalized spacial score (nSPS) is 29.8. The van der Waals surface area contributed by atoms with Crippen LogP contribution in [-0.4, -0.2) is 50.9 Å². The third kappa shape index (κ3) is 5.73. The number of benzene rings is 2. The van der Waals surface area contributed by atoms with Crippen LogP contribution in [0.2, 0.25) is 0 Å². The molecule has 4 aromatic rings. The van der Waals surface area contributed by atoms with Crippen molar-refractivity contribution >= 4 is 23.9 Å². The predicted octanol–water partition coefficient (Wildman–Crippen LogP) is 6.67. The number of carbonyl (C=O) groups excluding carboxylic acids is 3. The summed E-state index contributed by atoms with van der Waals surface area (Å²) in [6.45, 7) is 7.25. The Bertz CT molecular complexity index is 2050. The van der Waals surface area contributed by atoms with Gasteiger partial charge in [-0.15, -0.1) is 0 Å². The SMILES string of the molecule is CCCNC(=O)C1(OC(=O)c2ccco2)CCC2C3CCC4=Cc5c(cnn5-c5cccc(C(=O)NCc6ccccc6)c5)CC4(C)C3C(O)CC21C. The van der Waals surface area contributed by atoms with Gasteiger partial charge in [0.15, 0.2) is 5.60 Å². The number of aromatic nitrogens is 2. The van der Waals surface area contributed by atoms with Gasteiger partial charge in [0.2, 0.25) is 5.76 Å². The van der Waals surface area contributed by atoms with Crippen LogP contribution in [0.4, 0.5) is 0 Å². The lowest BCUT2D eigenvalue weighted by Crippen LogP contribution is -2.64. The molecule has 276 valence electrons. The molecule has 2 aromatic carbocycles. The quantitative estimate of drug-likeness (QED) is 0.165. The van der Waals surface area contributed by atoms with Crippen molar-refractivity contribution in [1.82, 2.24) is 20.4 Å². The zero-order valence-electron chi connectivity index (χ0n) is 30.6. The Morgan fingerprint density at radius 1 is 1.04 bits per heavy atom. The third-order valence-corrected chi connectivity index (χ3v) is 13.1. The summed E-state index contributed by atoms with van der Waals surface area (Å²) in [5, 5.41) is 23.2. The van der Waals surface area contributed by atoms with Crippen molar-refractivity contribution in [1.29, 1.82) is 0 Å². The van der Waals surface area contributed by atoms with Crippen LogP contribution in [0, 0.1) is 28.6 Å². The van der Waals surface area contributed by atoms with Gasteiger partial charge in [-0.3, -0.25) is 9.59 Å². The number of aliphatic hydroxyl groups excluding tert-OH is 1. The molecule has 53 heavy (non-hydrogen) atoms. The Kier molecular flexibility index (Phi) is 8.92. The summed E-state index contributed by atoms with van der Waals surface area (Å²) in [5.41, 5.74) is 3.31. The molecule has 0 radical (unpaired) electrons. The Labute approximate surface area is 310 Å². The zero-order chi connectivity index (χ0) is 37.0. The summed E-state index contributed by atoms with van der Waals surface area (Å²) in [5.74, 6) is -0.855. The Morgan fingerprint density at radius 3 is 2.64 bits per heavy atom. The van der Waals surface area contributed by atoms with Crippen LogP contribution in [0.25, 0.3) is 11.8 Å². The van der Waals surface area contributed by atoms with E-state index in [4.69, 9.17) is 14.3 Å². The fourth-order valence-electron chi connectivity index (χ4n) is 10.6. The van der Waals surface area contributed by atoms with E-state index in [1.807, 2.05) is 72.4 Å². The number of ether oxygens (including phenoxy) is 1. The molecule has 4 aliphatic carbocycles. The lowest BCUT2D eigenvalue weighted by molar-refractivity contribution is -0.182. The summed E-state index contributed by atoms with van der Waals surface area (Å²) in [6.07, 6.45) is 9.55. The molecule has 2 amide bonds. The smallest absolute Gasteiger partial charge is 0.375 e. The first kappa shape index (κ1) is 35.1. The van der Waals surface area contributed by atoms with E-state index in [0.29, 0.717) is 31.5 Å². The molecule has 4 aliphatic rings. The highest BCUT2D eigenvalue weighted by Crippen LogP contribution is 2.68. The molecule has 7 unspecified atom stereocenters. The zero-order valence-corrected chi connectivity index (χ0v) is 30.6. The van der Waals surface area contributed by atoms with Crippen LogP contribution >= 0.6 is 0 Å². The van der Waals surface area contributed by atoms with Gasteiger partial charge in [0.05, 0.1) is 29.9 Å². The minimum atomic E-state index is -1.42. The van der Waals surface area contributed by atoms with E-state index >= 15 is 0 Å². The van der Waals surface area contributed by atoms with E-state index in [1.54, 1.807) is 12.1 Å². The van der Waals surface area contributed by atoms with Crippen LogP contribution in [0.3, 0.4) is 0 Å². The van der Waals surface area contributed by atoms with E-state index in [2.05, 4.69) is 30.6 Å². The number of esters is 1. The molecule has 10 nitrogen and oxygen atoms in total. The van der Waals surface area contributed by atoms with Crippen molar-refractivity contribution < 1.29 is 28.6 Å². The number of rotatable bonds is 9. The minimum Gasteiger partial charge on any atom is -0.457 e. The van der Waals surface area contributed by atoms with Crippen LogP contribution in [0.5, 0.6) is 0 Å². The number of furan rings is 1. The number of aliphatic hydroxyl groups is 1. The summed E-state index contributed by atoms with van der Waals surface area (Å²) in [7, 11) is 0. The molecule has 0 bridgehead atoms. The number of hydrogen-bond donors (Lipinski definition) is 3. The van der Waals surface area contributed by atoms with Crippen molar-refractivity contribution in [2.24, 2.45) is 28.6 Å². The molecule has 3 saturated carbocycles. The summed E-state index contributed by atoms with van der Waals surface area (Å²) < 4.78 is 13.6. The molecule has 10 heteroatoms. The highest BCUT2D eigenvalue weighted by molar-refractivity contribution is 5.95. The Morgan fingerprint density at radius 2 is 1.87 bits per heavy atom. The summed E-state index contributed by atoms with van der Waals surface area (Å²) in [4.78, 5) is 40.7. The van der Waals surface area contributed by atoms with Gasteiger partial charge in [-0.05, 0) is 116 Å². The van der Waals surface area contributed by atoms with Gasteiger partial charge < -0.3 is 24.9 Å². The van der Waals surface area contributed by atoms with Gasteiger partial charge >= 0.3 is 5.97 Å². The second-order valence-electron chi connectivity index (χ2n) is 16.0. The Balaban J connectivity index is 1.06. The van der Waals surface area contributed by atoms with Gasteiger partial charge in [-0.1, -0.05) is 62.7 Å². The molecular formula is C43H48N4O6. The fraction of sp³-hybridized carbons (Fsp3) is 0.442. The minimum absolute atomic E-state index is 0.0380. The number of fused-ring (bicyclic) bond motifs is 6. The largest absolute Gasteiger partial charge is 0.457 e. The Hall–Kier alpha value is -4.96. The molecule has 0 aliphatic heterocycles. The highest BCUT2D eigenvalue weighted by Gasteiger charge is 2.71. The fourth-order valence-corrected chi connectivity index (χ4v) is 10.6. The number of nitrogens with one attached hydrogen (secondary N) is 2. The number of hydrogen-bond acceptors (Lipinski definition) is 7. The van der Waals surface area contributed by atoms with Crippen molar-refractivity contribution in [3.63, 3.8) is 0 Å². The highest BCUT2D eigenvalue weighted by atomic mass is 16.6. The second-order valence-corrected chi connectivity index (χ2v) is 16.0. The maximum Gasteiger partial charge on any atom is 0.375 e. The van der Waals surface area contributed by atoms with Crippen LogP contribution in [0.15, 0.2) is 89.2 Å².